The second-order valence-corrected chi connectivity index (χ2v) is 6.11. The molecule has 0 aliphatic heterocycles. The van der Waals surface area contributed by atoms with E-state index in [-0.39, 0.29) is 12.4 Å². The van der Waals surface area contributed by atoms with Crippen LogP contribution in [0.2, 0.25) is 10.0 Å². The van der Waals surface area contributed by atoms with E-state index in [0.29, 0.717) is 15.7 Å². The van der Waals surface area contributed by atoms with Crippen LogP contribution in [0.15, 0.2) is 54.9 Å². The second-order valence-electron chi connectivity index (χ2n) is 5.30. The SMILES string of the molecule is O=C(Nc1ccc(Cl)c(Cl)c1)c1ncn(CC(O)c2ccccc2)n1. The summed E-state index contributed by atoms with van der Waals surface area (Å²) in [6.45, 7) is 0.192. The molecule has 0 fully saturated rings. The molecular weight excluding hydrogens is 363 g/mol. The summed E-state index contributed by atoms with van der Waals surface area (Å²) < 4.78 is 1.42. The Hall–Kier alpha value is -2.41. The molecule has 0 saturated heterocycles. The van der Waals surface area contributed by atoms with E-state index in [1.807, 2.05) is 30.3 Å². The Bertz CT molecular complexity index is 883. The predicted octanol–water partition coefficient (Wildman–Crippen LogP) is 3.57. The van der Waals surface area contributed by atoms with Crippen molar-refractivity contribution in [2.24, 2.45) is 0 Å². The third-order valence-electron chi connectivity index (χ3n) is 3.46. The highest BCUT2D eigenvalue weighted by Gasteiger charge is 2.14. The number of carbonyl (C=O) groups excluding carboxylic acids is 1. The minimum atomic E-state index is -0.742. The maximum Gasteiger partial charge on any atom is 0.295 e. The molecule has 1 unspecified atom stereocenters. The topological polar surface area (TPSA) is 80.0 Å². The maximum absolute atomic E-state index is 12.2. The van der Waals surface area contributed by atoms with Crippen LogP contribution in [0.25, 0.3) is 0 Å². The number of aliphatic hydroxyl groups excluding tert-OH is 1. The fourth-order valence-electron chi connectivity index (χ4n) is 2.21. The smallest absolute Gasteiger partial charge is 0.295 e. The van der Waals surface area contributed by atoms with Crippen LogP contribution in [0.5, 0.6) is 0 Å². The van der Waals surface area contributed by atoms with Gasteiger partial charge in [-0.1, -0.05) is 53.5 Å². The minimum Gasteiger partial charge on any atom is -0.386 e. The number of amides is 1. The van der Waals surface area contributed by atoms with E-state index < -0.39 is 12.0 Å². The molecule has 0 bridgehead atoms. The summed E-state index contributed by atoms with van der Waals surface area (Å²) in [5.74, 6) is -0.488. The van der Waals surface area contributed by atoms with E-state index in [0.717, 1.165) is 5.56 Å². The summed E-state index contributed by atoms with van der Waals surface area (Å²) in [5, 5.41) is 17.7. The molecule has 25 heavy (non-hydrogen) atoms. The standard InChI is InChI=1S/C17H14Cl2N4O2/c18-13-7-6-12(8-14(13)19)21-17(25)16-20-10-23(22-16)9-15(24)11-4-2-1-3-5-11/h1-8,10,15,24H,9H2,(H,21,25). The van der Waals surface area contributed by atoms with Crippen LogP contribution >= 0.6 is 23.2 Å². The van der Waals surface area contributed by atoms with Gasteiger partial charge in [-0.3, -0.25) is 4.79 Å². The van der Waals surface area contributed by atoms with E-state index in [4.69, 9.17) is 23.2 Å². The van der Waals surface area contributed by atoms with Crippen molar-refractivity contribution < 1.29 is 9.90 Å². The van der Waals surface area contributed by atoms with Crippen LogP contribution in [-0.4, -0.2) is 25.8 Å². The van der Waals surface area contributed by atoms with Gasteiger partial charge in [0.25, 0.3) is 5.91 Å². The van der Waals surface area contributed by atoms with Gasteiger partial charge in [0.2, 0.25) is 5.82 Å². The zero-order chi connectivity index (χ0) is 17.8. The first-order valence-corrected chi connectivity index (χ1v) is 8.17. The monoisotopic (exact) mass is 376 g/mol. The van der Waals surface area contributed by atoms with Gasteiger partial charge in [-0.2, -0.15) is 0 Å². The van der Waals surface area contributed by atoms with Crippen LogP contribution in [0, 0.1) is 0 Å². The van der Waals surface area contributed by atoms with Crippen molar-refractivity contribution in [1.82, 2.24) is 14.8 Å². The van der Waals surface area contributed by atoms with E-state index in [1.54, 1.807) is 12.1 Å². The molecule has 8 heteroatoms. The molecule has 3 rings (SSSR count). The van der Waals surface area contributed by atoms with Gasteiger partial charge in [0, 0.05) is 5.69 Å². The fraction of sp³-hybridized carbons (Fsp3) is 0.118. The Kier molecular flexibility index (Phi) is 5.33. The van der Waals surface area contributed by atoms with Crippen LogP contribution in [0.3, 0.4) is 0 Å². The summed E-state index contributed by atoms with van der Waals surface area (Å²) in [7, 11) is 0. The lowest BCUT2D eigenvalue weighted by Crippen LogP contribution is -2.15. The lowest BCUT2D eigenvalue weighted by atomic mass is 10.1. The Labute approximate surface area is 154 Å². The van der Waals surface area contributed by atoms with Gasteiger partial charge in [-0.05, 0) is 23.8 Å². The molecule has 1 aromatic heterocycles. The normalized spacial score (nSPS) is 12.0. The highest BCUT2D eigenvalue weighted by molar-refractivity contribution is 6.42. The summed E-state index contributed by atoms with van der Waals surface area (Å²) in [6, 6.07) is 13.9. The first kappa shape index (κ1) is 17.4. The van der Waals surface area contributed by atoms with Crippen molar-refractivity contribution in [1.29, 1.82) is 0 Å². The minimum absolute atomic E-state index is 0.00802. The van der Waals surface area contributed by atoms with E-state index in [9.17, 15) is 9.90 Å². The average molecular weight is 377 g/mol. The first-order valence-electron chi connectivity index (χ1n) is 7.42. The third kappa shape index (κ3) is 4.36. The van der Waals surface area contributed by atoms with E-state index >= 15 is 0 Å². The molecule has 0 aliphatic carbocycles. The Morgan fingerprint density at radius 2 is 1.92 bits per heavy atom. The van der Waals surface area contributed by atoms with Crippen molar-refractivity contribution in [3.05, 3.63) is 76.3 Å². The third-order valence-corrected chi connectivity index (χ3v) is 4.20. The Balaban J connectivity index is 1.66. The van der Waals surface area contributed by atoms with Crippen LogP contribution in [0.1, 0.15) is 22.3 Å². The van der Waals surface area contributed by atoms with Gasteiger partial charge in [-0.25, -0.2) is 9.67 Å². The Morgan fingerprint density at radius 1 is 1.16 bits per heavy atom. The summed E-state index contributed by atoms with van der Waals surface area (Å²) in [4.78, 5) is 16.2. The number of benzene rings is 2. The molecular formula is C17H14Cl2N4O2. The average Bonchev–Trinajstić information content (AvgIpc) is 3.07. The number of halogens is 2. The van der Waals surface area contributed by atoms with Gasteiger partial charge in [0.05, 0.1) is 22.7 Å². The lowest BCUT2D eigenvalue weighted by molar-refractivity contribution is 0.101. The van der Waals surface area contributed by atoms with Gasteiger partial charge >= 0.3 is 0 Å². The number of aromatic nitrogens is 3. The quantitative estimate of drug-likeness (QED) is 0.713. The number of nitrogens with zero attached hydrogens (tertiary/aromatic N) is 3. The van der Waals surface area contributed by atoms with Crippen molar-refractivity contribution in [3.8, 4) is 0 Å². The molecule has 0 aliphatic rings. The molecule has 1 amide bonds. The molecule has 128 valence electrons. The molecule has 3 aromatic rings. The number of rotatable bonds is 5. The molecule has 0 spiro atoms. The van der Waals surface area contributed by atoms with Gasteiger partial charge in [0.1, 0.15) is 6.33 Å². The van der Waals surface area contributed by atoms with Crippen molar-refractivity contribution in [2.45, 2.75) is 12.6 Å². The molecule has 2 aromatic carbocycles. The van der Waals surface area contributed by atoms with E-state index in [2.05, 4.69) is 15.4 Å². The van der Waals surface area contributed by atoms with Crippen molar-refractivity contribution >= 4 is 34.8 Å². The molecule has 1 atom stereocenters. The van der Waals surface area contributed by atoms with Gasteiger partial charge in [0.15, 0.2) is 0 Å². The number of nitrogens with one attached hydrogen (secondary N) is 1. The molecule has 2 N–H and O–H groups in total. The van der Waals surface area contributed by atoms with Gasteiger partial charge < -0.3 is 10.4 Å². The maximum atomic E-state index is 12.2. The second kappa shape index (κ2) is 7.65. The molecule has 0 saturated carbocycles. The zero-order valence-electron chi connectivity index (χ0n) is 12.9. The summed E-state index contributed by atoms with van der Waals surface area (Å²) in [5.41, 5.74) is 1.25. The summed E-state index contributed by atoms with van der Waals surface area (Å²) in [6.07, 6.45) is 0.657. The first-order chi connectivity index (χ1) is 12.0. The molecule has 0 radical (unpaired) electrons. The fourth-order valence-corrected chi connectivity index (χ4v) is 2.50. The highest BCUT2D eigenvalue weighted by Crippen LogP contribution is 2.25. The molecule has 6 nitrogen and oxygen atoms in total. The summed E-state index contributed by atoms with van der Waals surface area (Å²) >= 11 is 11.8. The zero-order valence-corrected chi connectivity index (χ0v) is 14.4. The lowest BCUT2D eigenvalue weighted by Gasteiger charge is -2.10. The van der Waals surface area contributed by atoms with Gasteiger partial charge in [-0.15, -0.1) is 5.10 Å². The van der Waals surface area contributed by atoms with Crippen molar-refractivity contribution in [3.63, 3.8) is 0 Å². The number of aliphatic hydroxyl groups is 1. The number of hydrogen-bond donors (Lipinski definition) is 2. The van der Waals surface area contributed by atoms with Crippen LogP contribution in [0.4, 0.5) is 5.69 Å². The van der Waals surface area contributed by atoms with Crippen LogP contribution in [-0.2, 0) is 6.54 Å². The Morgan fingerprint density at radius 3 is 2.64 bits per heavy atom. The number of anilines is 1. The predicted molar refractivity (Wildman–Crippen MR) is 95.8 cm³/mol. The number of hydrogen-bond acceptors (Lipinski definition) is 4. The van der Waals surface area contributed by atoms with Crippen LogP contribution < -0.4 is 5.32 Å². The molecule has 1 heterocycles. The highest BCUT2D eigenvalue weighted by atomic mass is 35.5. The van der Waals surface area contributed by atoms with Crippen molar-refractivity contribution in [2.75, 3.05) is 5.32 Å². The van der Waals surface area contributed by atoms with E-state index in [1.165, 1.54) is 17.1 Å². The number of carbonyl (C=O) groups is 1. The largest absolute Gasteiger partial charge is 0.386 e.